The maximum atomic E-state index is 12.1. The molecule has 1 N–H and O–H groups in total. The number of ether oxygens (including phenoxy) is 1. The molecule has 0 amide bonds. The molecule has 1 saturated carbocycles. The fourth-order valence-corrected chi connectivity index (χ4v) is 4.49. The summed E-state index contributed by atoms with van der Waals surface area (Å²) in [5.41, 5.74) is 0. The van der Waals surface area contributed by atoms with Gasteiger partial charge in [-0.3, -0.25) is 0 Å². The summed E-state index contributed by atoms with van der Waals surface area (Å²) in [4.78, 5) is 0. The number of methoxy groups -OCH3 is 1. The average molecular weight is 291 g/mol. The van der Waals surface area contributed by atoms with E-state index in [1.165, 1.54) is 25.7 Å². The second-order valence-corrected chi connectivity index (χ2v) is 7.79. The summed E-state index contributed by atoms with van der Waals surface area (Å²) < 4.78 is 29.2. The summed E-state index contributed by atoms with van der Waals surface area (Å²) >= 11 is 0. The molecule has 0 aliphatic heterocycles. The fraction of sp³-hybridized carbons (Fsp3) is 1.00. The van der Waals surface area contributed by atoms with Gasteiger partial charge < -0.3 is 10.1 Å². The number of sulfone groups is 1. The van der Waals surface area contributed by atoms with E-state index in [-0.39, 0.29) is 11.8 Å². The molecular formula is C14H29NO3S. The van der Waals surface area contributed by atoms with Gasteiger partial charge in [-0.2, -0.15) is 0 Å². The van der Waals surface area contributed by atoms with E-state index in [2.05, 4.69) is 12.2 Å². The Labute approximate surface area is 118 Å². The van der Waals surface area contributed by atoms with Crippen LogP contribution in [-0.4, -0.2) is 46.2 Å². The third-order valence-electron chi connectivity index (χ3n) is 3.86. The number of hydrogen-bond acceptors (Lipinski definition) is 4. The monoisotopic (exact) mass is 291 g/mol. The number of hydrogen-bond donors (Lipinski definition) is 1. The Balaban J connectivity index is 2.49. The summed E-state index contributed by atoms with van der Waals surface area (Å²) in [5, 5.41) is 3.45. The molecule has 0 spiro atoms. The Hall–Kier alpha value is -0.130. The van der Waals surface area contributed by atoms with E-state index >= 15 is 0 Å². The molecule has 0 aromatic rings. The van der Waals surface area contributed by atoms with Gasteiger partial charge in [0.1, 0.15) is 0 Å². The smallest absolute Gasteiger partial charge is 0.151 e. The molecule has 0 heterocycles. The van der Waals surface area contributed by atoms with Crippen molar-refractivity contribution >= 4 is 9.84 Å². The van der Waals surface area contributed by atoms with Crippen LogP contribution in [0.3, 0.4) is 0 Å². The zero-order valence-corrected chi connectivity index (χ0v) is 13.2. The molecule has 1 aliphatic carbocycles. The van der Waals surface area contributed by atoms with Gasteiger partial charge in [-0.15, -0.1) is 0 Å². The maximum Gasteiger partial charge on any atom is 0.151 e. The molecule has 0 bridgehead atoms. The first kappa shape index (κ1) is 16.9. The molecule has 4 nitrogen and oxygen atoms in total. The molecule has 1 rings (SSSR count). The van der Waals surface area contributed by atoms with Gasteiger partial charge in [-0.05, 0) is 38.1 Å². The quantitative estimate of drug-likeness (QED) is 0.626. The van der Waals surface area contributed by atoms with Crippen LogP contribution in [0.5, 0.6) is 0 Å². The van der Waals surface area contributed by atoms with Gasteiger partial charge in [0, 0.05) is 19.8 Å². The van der Waals surface area contributed by atoms with Gasteiger partial charge in [0.25, 0.3) is 0 Å². The first-order chi connectivity index (χ1) is 9.09. The van der Waals surface area contributed by atoms with Crippen molar-refractivity contribution in [2.24, 2.45) is 5.92 Å². The van der Waals surface area contributed by atoms with Crippen LogP contribution in [0.2, 0.25) is 0 Å². The largest absolute Gasteiger partial charge is 0.385 e. The Kier molecular flexibility index (Phi) is 7.95. The Morgan fingerprint density at radius 3 is 2.58 bits per heavy atom. The molecule has 1 atom stereocenters. The summed E-state index contributed by atoms with van der Waals surface area (Å²) in [6.45, 7) is 3.55. The fourth-order valence-electron chi connectivity index (χ4n) is 2.83. The van der Waals surface area contributed by atoms with Gasteiger partial charge in [0.2, 0.25) is 0 Å². The molecule has 19 heavy (non-hydrogen) atoms. The van der Waals surface area contributed by atoms with Crippen molar-refractivity contribution in [3.8, 4) is 0 Å². The highest BCUT2D eigenvalue weighted by atomic mass is 32.2. The van der Waals surface area contributed by atoms with Gasteiger partial charge >= 0.3 is 0 Å². The van der Waals surface area contributed by atoms with Crippen LogP contribution in [0.25, 0.3) is 0 Å². The third kappa shape index (κ3) is 6.72. The molecule has 1 aliphatic rings. The second-order valence-electron chi connectivity index (χ2n) is 5.57. The first-order valence-electron chi connectivity index (χ1n) is 7.52. The SMILES string of the molecule is CCCNC(CS(=O)(=O)CCCOC)C1CCCC1. The van der Waals surface area contributed by atoms with Crippen LogP contribution in [0, 0.1) is 5.92 Å². The van der Waals surface area contributed by atoms with Gasteiger partial charge in [-0.25, -0.2) is 8.42 Å². The zero-order chi connectivity index (χ0) is 14.1. The van der Waals surface area contributed by atoms with Crippen molar-refractivity contribution in [1.29, 1.82) is 0 Å². The summed E-state index contributed by atoms with van der Waals surface area (Å²) in [7, 11) is -1.36. The van der Waals surface area contributed by atoms with Crippen molar-refractivity contribution in [3.63, 3.8) is 0 Å². The molecule has 0 saturated heterocycles. The average Bonchev–Trinajstić information content (AvgIpc) is 2.88. The molecule has 0 aromatic heterocycles. The zero-order valence-electron chi connectivity index (χ0n) is 12.4. The lowest BCUT2D eigenvalue weighted by atomic mass is 10.00. The van der Waals surface area contributed by atoms with Crippen molar-refractivity contribution in [1.82, 2.24) is 5.32 Å². The van der Waals surface area contributed by atoms with Crippen molar-refractivity contribution < 1.29 is 13.2 Å². The topological polar surface area (TPSA) is 55.4 Å². The van der Waals surface area contributed by atoms with E-state index in [1.54, 1.807) is 7.11 Å². The van der Waals surface area contributed by atoms with E-state index < -0.39 is 9.84 Å². The molecular weight excluding hydrogens is 262 g/mol. The molecule has 0 aromatic carbocycles. The lowest BCUT2D eigenvalue weighted by molar-refractivity contribution is 0.199. The van der Waals surface area contributed by atoms with Crippen LogP contribution < -0.4 is 5.32 Å². The third-order valence-corrected chi connectivity index (χ3v) is 5.64. The number of nitrogens with one attached hydrogen (secondary N) is 1. The van der Waals surface area contributed by atoms with Crippen molar-refractivity contribution in [2.45, 2.75) is 51.5 Å². The molecule has 5 heteroatoms. The predicted molar refractivity (Wildman–Crippen MR) is 79.2 cm³/mol. The lowest BCUT2D eigenvalue weighted by Gasteiger charge is -2.24. The highest BCUT2D eigenvalue weighted by molar-refractivity contribution is 7.91. The van der Waals surface area contributed by atoms with Crippen LogP contribution in [0.1, 0.15) is 45.4 Å². The Bertz CT molecular complexity index is 324. The van der Waals surface area contributed by atoms with E-state index in [1.807, 2.05) is 0 Å². The van der Waals surface area contributed by atoms with Crippen LogP contribution >= 0.6 is 0 Å². The van der Waals surface area contributed by atoms with Gasteiger partial charge in [0.15, 0.2) is 9.84 Å². The Morgan fingerprint density at radius 2 is 2.00 bits per heavy atom. The maximum absolute atomic E-state index is 12.1. The van der Waals surface area contributed by atoms with Gasteiger partial charge in [0.05, 0.1) is 11.5 Å². The lowest BCUT2D eigenvalue weighted by Crippen LogP contribution is -2.41. The molecule has 1 fully saturated rings. The highest BCUT2D eigenvalue weighted by Gasteiger charge is 2.28. The van der Waals surface area contributed by atoms with Crippen molar-refractivity contribution in [2.75, 3.05) is 31.8 Å². The number of rotatable bonds is 10. The van der Waals surface area contributed by atoms with Crippen LogP contribution in [0.4, 0.5) is 0 Å². The van der Waals surface area contributed by atoms with E-state index in [4.69, 9.17) is 4.74 Å². The van der Waals surface area contributed by atoms with E-state index in [0.717, 1.165) is 13.0 Å². The summed E-state index contributed by atoms with van der Waals surface area (Å²) in [6, 6.07) is 0.148. The van der Waals surface area contributed by atoms with Crippen LogP contribution in [-0.2, 0) is 14.6 Å². The van der Waals surface area contributed by atoms with Crippen LogP contribution in [0.15, 0.2) is 0 Å². The molecule has 114 valence electrons. The highest BCUT2D eigenvalue weighted by Crippen LogP contribution is 2.28. The van der Waals surface area contributed by atoms with Gasteiger partial charge in [-0.1, -0.05) is 19.8 Å². The molecule has 0 radical (unpaired) electrons. The molecule has 1 unspecified atom stereocenters. The first-order valence-corrected chi connectivity index (χ1v) is 9.34. The normalized spacial score (nSPS) is 18.8. The summed E-state index contributed by atoms with van der Waals surface area (Å²) in [6.07, 6.45) is 6.50. The second kappa shape index (κ2) is 8.93. The Morgan fingerprint density at radius 1 is 1.32 bits per heavy atom. The standard InChI is InChI=1S/C14H29NO3S/c1-3-9-15-14(13-7-4-5-8-13)12-19(16,17)11-6-10-18-2/h13-15H,3-12H2,1-2H3. The summed E-state index contributed by atoms with van der Waals surface area (Å²) in [5.74, 6) is 1.09. The minimum absolute atomic E-state index is 0.148. The van der Waals surface area contributed by atoms with Crippen molar-refractivity contribution in [3.05, 3.63) is 0 Å². The van der Waals surface area contributed by atoms with E-state index in [0.29, 0.717) is 24.7 Å². The predicted octanol–water partition coefficient (Wildman–Crippen LogP) is 2.00. The van der Waals surface area contributed by atoms with E-state index in [9.17, 15) is 8.42 Å². The minimum atomic E-state index is -2.96. The minimum Gasteiger partial charge on any atom is -0.385 e.